The summed E-state index contributed by atoms with van der Waals surface area (Å²) in [6, 6.07) is 6.93. The number of benzene rings is 1. The summed E-state index contributed by atoms with van der Waals surface area (Å²) >= 11 is 0. The molecule has 1 aromatic carbocycles. The predicted octanol–water partition coefficient (Wildman–Crippen LogP) is 4.54. The van der Waals surface area contributed by atoms with Crippen molar-refractivity contribution >= 4 is 20.3 Å². The lowest BCUT2D eigenvalue weighted by Gasteiger charge is -2.36. The first-order valence-corrected chi connectivity index (χ1v) is 14.1. The van der Waals surface area contributed by atoms with Crippen molar-refractivity contribution in [3.8, 4) is 5.75 Å². The molecule has 0 bridgehead atoms. The number of carbonyl (C=O) groups excluding carboxylic acids is 2. The molecule has 0 saturated carbocycles. The predicted molar refractivity (Wildman–Crippen MR) is 129 cm³/mol. The fourth-order valence-electron chi connectivity index (χ4n) is 3.38. The van der Waals surface area contributed by atoms with Gasteiger partial charge in [0, 0.05) is 19.0 Å². The minimum absolute atomic E-state index is 0.106. The largest absolute Gasteiger partial charge is 0.497 e. The first-order chi connectivity index (χ1) is 14.6. The van der Waals surface area contributed by atoms with E-state index in [4.69, 9.17) is 13.9 Å². The Morgan fingerprint density at radius 3 is 2.22 bits per heavy atom. The van der Waals surface area contributed by atoms with Gasteiger partial charge in [-0.3, -0.25) is 4.79 Å². The first-order valence-electron chi connectivity index (χ1n) is 11.2. The summed E-state index contributed by atoms with van der Waals surface area (Å²) in [7, 11) is -0.286. The van der Waals surface area contributed by atoms with E-state index in [-0.39, 0.29) is 16.9 Å². The van der Waals surface area contributed by atoms with E-state index in [9.17, 15) is 9.59 Å². The standard InChI is InChI=1S/C24H40N2O5Si/c1-23(2,3)31-22(28)25-20-19(17-10-12-18(29-7)13-11-17)16-26(21(20)27)14-15-30-32(8,9)24(4,5)6/h10-13,19-20H,14-16H2,1-9H3,(H,25,28)/t19-,20+/m0/s1. The van der Waals surface area contributed by atoms with Gasteiger partial charge in [-0.2, -0.15) is 0 Å². The monoisotopic (exact) mass is 464 g/mol. The van der Waals surface area contributed by atoms with Crippen LogP contribution in [0.1, 0.15) is 53.0 Å². The zero-order valence-electron chi connectivity index (χ0n) is 21.1. The molecule has 0 radical (unpaired) electrons. The second kappa shape index (κ2) is 9.83. The summed E-state index contributed by atoms with van der Waals surface area (Å²) in [6.45, 7) is 17.9. The molecule has 2 amide bonds. The highest BCUT2D eigenvalue weighted by Crippen LogP contribution is 2.36. The molecule has 1 N–H and O–H groups in total. The van der Waals surface area contributed by atoms with E-state index in [0.717, 1.165) is 11.3 Å². The van der Waals surface area contributed by atoms with E-state index in [1.807, 2.05) is 24.3 Å². The maximum absolute atomic E-state index is 13.3. The third-order valence-electron chi connectivity index (χ3n) is 6.24. The van der Waals surface area contributed by atoms with E-state index < -0.39 is 26.1 Å². The quantitative estimate of drug-likeness (QED) is 0.600. The Bertz CT molecular complexity index is 796. The van der Waals surface area contributed by atoms with E-state index in [0.29, 0.717) is 19.7 Å². The molecule has 2 rings (SSSR count). The average Bonchev–Trinajstić information content (AvgIpc) is 2.95. The number of methoxy groups -OCH3 is 1. The zero-order valence-corrected chi connectivity index (χ0v) is 22.1. The Labute approximate surface area is 193 Å². The zero-order chi connectivity index (χ0) is 24.3. The van der Waals surface area contributed by atoms with E-state index in [1.165, 1.54) is 0 Å². The molecular formula is C24H40N2O5Si. The van der Waals surface area contributed by atoms with Crippen molar-refractivity contribution in [1.29, 1.82) is 0 Å². The Hall–Kier alpha value is -2.06. The molecule has 0 unspecified atom stereocenters. The van der Waals surface area contributed by atoms with Crippen LogP contribution in [0, 0.1) is 0 Å². The number of nitrogens with one attached hydrogen (secondary N) is 1. The van der Waals surface area contributed by atoms with Crippen LogP contribution >= 0.6 is 0 Å². The second-order valence-corrected chi connectivity index (χ2v) is 15.7. The highest BCUT2D eigenvalue weighted by molar-refractivity contribution is 6.74. The maximum Gasteiger partial charge on any atom is 0.408 e. The van der Waals surface area contributed by atoms with Gasteiger partial charge in [0.25, 0.3) is 0 Å². The lowest BCUT2D eigenvalue weighted by atomic mass is 9.94. The van der Waals surface area contributed by atoms with Crippen molar-refractivity contribution in [2.75, 3.05) is 26.8 Å². The molecule has 1 saturated heterocycles. The van der Waals surface area contributed by atoms with Gasteiger partial charge in [-0.05, 0) is 56.6 Å². The van der Waals surface area contributed by atoms with Gasteiger partial charge in [-0.15, -0.1) is 0 Å². The molecule has 2 atom stereocenters. The summed E-state index contributed by atoms with van der Waals surface area (Å²) in [5.41, 5.74) is 0.325. The van der Waals surface area contributed by atoms with Gasteiger partial charge >= 0.3 is 6.09 Å². The van der Waals surface area contributed by atoms with Crippen LogP contribution < -0.4 is 10.1 Å². The van der Waals surface area contributed by atoms with Crippen molar-refractivity contribution in [2.24, 2.45) is 0 Å². The lowest BCUT2D eigenvalue weighted by Crippen LogP contribution is -2.46. The Balaban J connectivity index is 2.16. The molecule has 1 aliphatic heterocycles. The number of rotatable bonds is 7. The summed E-state index contributed by atoms with van der Waals surface area (Å²) < 4.78 is 16.9. The maximum atomic E-state index is 13.3. The van der Waals surface area contributed by atoms with Gasteiger partial charge in [-0.1, -0.05) is 32.9 Å². The summed E-state index contributed by atoms with van der Waals surface area (Å²) in [5.74, 6) is 0.443. The van der Waals surface area contributed by atoms with Gasteiger partial charge in [0.2, 0.25) is 5.91 Å². The second-order valence-electron chi connectivity index (χ2n) is 10.9. The Morgan fingerprint density at radius 2 is 1.72 bits per heavy atom. The minimum atomic E-state index is -1.90. The number of amides is 2. The Morgan fingerprint density at radius 1 is 1.12 bits per heavy atom. The molecule has 1 aliphatic rings. The fourth-order valence-corrected chi connectivity index (χ4v) is 4.41. The van der Waals surface area contributed by atoms with Crippen LogP contribution in [0.4, 0.5) is 4.79 Å². The van der Waals surface area contributed by atoms with Crippen molar-refractivity contribution in [1.82, 2.24) is 10.2 Å². The molecule has 7 nitrogen and oxygen atoms in total. The number of hydrogen-bond donors (Lipinski definition) is 1. The van der Waals surface area contributed by atoms with Crippen molar-refractivity contribution in [3.05, 3.63) is 29.8 Å². The number of alkyl carbamates (subject to hydrolysis) is 1. The van der Waals surface area contributed by atoms with Gasteiger partial charge in [0.15, 0.2) is 8.32 Å². The highest BCUT2D eigenvalue weighted by atomic mass is 28.4. The van der Waals surface area contributed by atoms with Gasteiger partial charge in [-0.25, -0.2) is 4.79 Å². The van der Waals surface area contributed by atoms with Crippen LogP contribution in [0.15, 0.2) is 24.3 Å². The summed E-state index contributed by atoms with van der Waals surface area (Å²) in [5, 5.41) is 2.91. The molecule has 32 heavy (non-hydrogen) atoms. The SMILES string of the molecule is COc1ccc([C@@H]2CN(CCO[Si](C)(C)C(C)(C)C)C(=O)[C@@H]2NC(=O)OC(C)(C)C)cc1. The molecule has 1 heterocycles. The van der Waals surface area contributed by atoms with E-state index in [2.05, 4.69) is 39.2 Å². The molecule has 180 valence electrons. The molecular weight excluding hydrogens is 424 g/mol. The Kier molecular flexibility index (Phi) is 8.04. The molecule has 8 heteroatoms. The summed E-state index contributed by atoms with van der Waals surface area (Å²) in [6.07, 6.45) is -0.589. The van der Waals surface area contributed by atoms with Crippen LogP contribution in [0.25, 0.3) is 0 Å². The molecule has 0 spiro atoms. The fraction of sp³-hybridized carbons (Fsp3) is 0.667. The summed E-state index contributed by atoms with van der Waals surface area (Å²) in [4.78, 5) is 27.5. The average molecular weight is 465 g/mol. The molecule has 1 fully saturated rings. The van der Waals surface area contributed by atoms with Gasteiger partial charge < -0.3 is 24.1 Å². The first kappa shape index (κ1) is 26.2. The number of ether oxygens (including phenoxy) is 2. The van der Waals surface area contributed by atoms with Crippen LogP contribution in [0.5, 0.6) is 5.75 Å². The molecule has 0 aromatic heterocycles. The third-order valence-corrected chi connectivity index (χ3v) is 10.8. The van der Waals surface area contributed by atoms with Crippen LogP contribution in [0.3, 0.4) is 0 Å². The van der Waals surface area contributed by atoms with Gasteiger partial charge in [0.1, 0.15) is 17.4 Å². The van der Waals surface area contributed by atoms with Crippen LogP contribution in [0.2, 0.25) is 18.1 Å². The highest BCUT2D eigenvalue weighted by Gasteiger charge is 2.43. The van der Waals surface area contributed by atoms with Crippen LogP contribution in [-0.2, 0) is 14.0 Å². The van der Waals surface area contributed by atoms with E-state index >= 15 is 0 Å². The molecule has 0 aliphatic carbocycles. The minimum Gasteiger partial charge on any atom is -0.497 e. The smallest absolute Gasteiger partial charge is 0.408 e. The lowest BCUT2D eigenvalue weighted by molar-refractivity contribution is -0.129. The number of carbonyl (C=O) groups is 2. The number of hydrogen-bond acceptors (Lipinski definition) is 5. The molecule has 1 aromatic rings. The van der Waals surface area contributed by atoms with Crippen molar-refractivity contribution in [2.45, 2.75) is 77.2 Å². The number of nitrogens with zero attached hydrogens (tertiary/aromatic N) is 1. The third kappa shape index (κ3) is 6.72. The van der Waals surface area contributed by atoms with E-state index in [1.54, 1.807) is 32.8 Å². The normalized spacial score (nSPS) is 19.8. The number of likely N-dealkylation sites (tertiary alicyclic amines) is 1. The topological polar surface area (TPSA) is 77.1 Å². The van der Waals surface area contributed by atoms with Crippen LogP contribution in [-0.4, -0.2) is 63.7 Å². The van der Waals surface area contributed by atoms with Crippen molar-refractivity contribution in [3.63, 3.8) is 0 Å². The van der Waals surface area contributed by atoms with Gasteiger partial charge in [0.05, 0.1) is 13.7 Å². The van der Waals surface area contributed by atoms with Crippen molar-refractivity contribution < 1.29 is 23.5 Å².